The highest BCUT2D eigenvalue weighted by Gasteiger charge is 2.66. The summed E-state index contributed by atoms with van der Waals surface area (Å²) in [6, 6.07) is 0.00381. The van der Waals surface area contributed by atoms with Gasteiger partial charge in [0.2, 0.25) is 5.91 Å². The van der Waals surface area contributed by atoms with Crippen molar-refractivity contribution in [1.82, 2.24) is 4.90 Å². The van der Waals surface area contributed by atoms with Crippen molar-refractivity contribution in [3.05, 3.63) is 0 Å². The highest BCUT2D eigenvalue weighted by molar-refractivity contribution is 5.84. The number of hydrogen-bond donors (Lipinski definition) is 3. The molecule has 1 heterocycles. The first-order valence-electron chi connectivity index (χ1n) is 9.95. The van der Waals surface area contributed by atoms with Crippen LogP contribution in [0, 0.1) is 28.6 Å². The van der Waals surface area contributed by atoms with E-state index >= 15 is 0 Å². The van der Waals surface area contributed by atoms with E-state index in [1.54, 1.807) is 0 Å². The van der Waals surface area contributed by atoms with E-state index in [-0.39, 0.29) is 17.7 Å². The van der Waals surface area contributed by atoms with Gasteiger partial charge in [-0.1, -0.05) is 0 Å². The lowest BCUT2D eigenvalue weighted by molar-refractivity contribution is -0.234. The summed E-state index contributed by atoms with van der Waals surface area (Å²) in [5.41, 5.74) is 3.85. The standard InChI is InChI=1S/C18H25N3O3/c19-6-12-1-11-2-13(11)21(12)15(22)14(20)16-3-10-4-17(23,7-16)9-18(24,5-10)8-16/h10-14,23-24H,1-5,7-9,20H2/t10?,11-,12+,13+,14-,16?,17-,18+/m1/s1/i2D2,15+1. The van der Waals surface area contributed by atoms with Crippen LogP contribution >= 0.6 is 0 Å². The lowest BCUT2D eigenvalue weighted by Crippen LogP contribution is -2.69. The number of rotatable bonds is 2. The zero-order chi connectivity index (χ0) is 18.7. The van der Waals surface area contributed by atoms with E-state index in [0.29, 0.717) is 44.9 Å². The molecule has 130 valence electrons. The van der Waals surface area contributed by atoms with Crippen molar-refractivity contribution in [2.45, 2.75) is 80.6 Å². The molecular formula is C18H25N3O3. The van der Waals surface area contributed by atoms with Gasteiger partial charge < -0.3 is 20.8 Å². The first-order chi connectivity index (χ1) is 12.0. The second-order valence-electron chi connectivity index (χ2n) is 9.14. The van der Waals surface area contributed by atoms with Crippen LogP contribution in [0.4, 0.5) is 0 Å². The van der Waals surface area contributed by atoms with Gasteiger partial charge in [0.15, 0.2) is 0 Å². The monoisotopic (exact) mass is 334 g/mol. The van der Waals surface area contributed by atoms with Crippen LogP contribution in [0.1, 0.15) is 54.1 Å². The number of aliphatic hydroxyl groups is 2. The van der Waals surface area contributed by atoms with Crippen molar-refractivity contribution >= 4 is 5.91 Å². The quantitative estimate of drug-likeness (QED) is 0.628. The summed E-state index contributed by atoms with van der Waals surface area (Å²) in [5.74, 6) is -0.516. The lowest BCUT2D eigenvalue weighted by atomic mass is 9.45. The molecule has 1 saturated heterocycles. The molecule has 1 amide bonds. The summed E-state index contributed by atoms with van der Waals surface area (Å²) in [6.45, 7) is 0. The Balaban J connectivity index is 1.46. The normalized spacial score (nSPS) is 58.5. The van der Waals surface area contributed by atoms with E-state index < -0.39 is 41.1 Å². The maximum atomic E-state index is 13.3. The molecule has 4 N–H and O–H groups in total. The number of nitriles is 1. The molecule has 6 nitrogen and oxygen atoms in total. The third-order valence-corrected chi connectivity index (χ3v) is 7.15. The van der Waals surface area contributed by atoms with Crippen molar-refractivity contribution in [1.29, 1.82) is 5.26 Å². The maximum absolute atomic E-state index is 13.3. The molecule has 8 atom stereocenters. The fourth-order valence-electron chi connectivity index (χ4n) is 6.77. The lowest BCUT2D eigenvalue weighted by Gasteiger charge is -2.64. The smallest absolute Gasteiger partial charge is 0.241 e. The number of nitrogens with two attached hydrogens (primary N) is 1. The predicted molar refractivity (Wildman–Crippen MR) is 84.3 cm³/mol. The predicted octanol–water partition coefficient (Wildman–Crippen LogP) is 0.273. The molecule has 6 fully saturated rings. The molecule has 6 aliphatic rings. The largest absolute Gasteiger partial charge is 0.390 e. The number of nitrogens with zero attached hydrogens (tertiary/aromatic N) is 2. The van der Waals surface area contributed by atoms with Crippen LogP contribution in [0.15, 0.2) is 0 Å². The number of carbonyl (C=O) groups is 1. The van der Waals surface area contributed by atoms with Crippen molar-refractivity contribution in [3.8, 4) is 6.07 Å². The van der Waals surface area contributed by atoms with Gasteiger partial charge in [0.05, 0.1) is 23.3 Å². The fraction of sp³-hybridized carbons (Fsp3) is 0.889. The Bertz CT molecular complexity index is 720. The summed E-state index contributed by atoms with van der Waals surface area (Å²) < 4.78 is 16.0. The van der Waals surface area contributed by atoms with Crippen LogP contribution in [0.2, 0.25) is 0 Å². The van der Waals surface area contributed by atoms with Gasteiger partial charge >= 0.3 is 0 Å². The fourth-order valence-corrected chi connectivity index (χ4v) is 6.77. The molecule has 1 aliphatic heterocycles. The molecule has 6 rings (SSSR count). The van der Waals surface area contributed by atoms with E-state index in [4.69, 9.17) is 8.48 Å². The first-order valence-corrected chi connectivity index (χ1v) is 8.95. The summed E-state index contributed by atoms with van der Waals surface area (Å²) in [5, 5.41) is 31.2. The van der Waals surface area contributed by atoms with E-state index in [1.165, 1.54) is 4.90 Å². The number of fused-ring (bicyclic) bond motifs is 1. The highest BCUT2D eigenvalue weighted by Crippen LogP contribution is 2.64. The Morgan fingerprint density at radius 3 is 2.54 bits per heavy atom. The molecule has 5 saturated carbocycles. The average molecular weight is 334 g/mol. The molecule has 0 aromatic carbocycles. The van der Waals surface area contributed by atoms with Gasteiger partial charge in [-0.05, 0) is 56.7 Å². The number of hydrogen-bond acceptors (Lipinski definition) is 5. The SMILES string of the molecule is [2H]C1([2H])[C@H]2C[C@@H](C#N)N([13C](=O)[C@@H](N)C34CC5C[C@@](O)(C3)C[C@](O)(C5)C4)[C@H]21. The van der Waals surface area contributed by atoms with Crippen molar-refractivity contribution in [3.63, 3.8) is 0 Å². The van der Waals surface area contributed by atoms with E-state index in [0.717, 1.165) is 0 Å². The van der Waals surface area contributed by atoms with Gasteiger partial charge in [0, 0.05) is 20.6 Å². The van der Waals surface area contributed by atoms with Crippen LogP contribution in [0.3, 0.4) is 0 Å². The third-order valence-electron chi connectivity index (χ3n) is 7.15. The average Bonchev–Trinajstić information content (AvgIpc) is 2.88. The molecule has 5 aliphatic carbocycles. The summed E-state index contributed by atoms with van der Waals surface area (Å²) >= 11 is 0. The molecule has 0 aromatic heterocycles. The van der Waals surface area contributed by atoms with Gasteiger partial charge in [0.25, 0.3) is 0 Å². The Morgan fingerprint density at radius 1 is 1.29 bits per heavy atom. The van der Waals surface area contributed by atoms with Crippen LogP contribution in [-0.2, 0) is 4.79 Å². The number of piperidine rings is 1. The van der Waals surface area contributed by atoms with Crippen LogP contribution in [0.25, 0.3) is 0 Å². The number of amides is 1. The van der Waals surface area contributed by atoms with Gasteiger partial charge in [-0.3, -0.25) is 4.79 Å². The zero-order valence-electron chi connectivity index (χ0n) is 15.6. The van der Waals surface area contributed by atoms with E-state index in [1.807, 2.05) is 0 Å². The van der Waals surface area contributed by atoms with Gasteiger partial charge in [0.1, 0.15) is 6.04 Å². The van der Waals surface area contributed by atoms with Crippen molar-refractivity contribution in [2.75, 3.05) is 0 Å². The van der Waals surface area contributed by atoms with Crippen molar-refractivity contribution in [2.24, 2.45) is 23.0 Å². The highest BCUT2D eigenvalue weighted by atomic mass is 16.3. The summed E-state index contributed by atoms with van der Waals surface area (Å²) in [7, 11) is 0. The van der Waals surface area contributed by atoms with Crippen LogP contribution in [0.5, 0.6) is 0 Å². The molecule has 0 spiro atoms. The molecule has 0 aromatic rings. The van der Waals surface area contributed by atoms with Gasteiger partial charge in [-0.25, -0.2) is 0 Å². The molecule has 2 unspecified atom stereocenters. The molecular weight excluding hydrogens is 307 g/mol. The Morgan fingerprint density at radius 2 is 1.96 bits per heavy atom. The minimum absolute atomic E-state index is 0.158. The second kappa shape index (κ2) is 4.32. The van der Waals surface area contributed by atoms with Gasteiger partial charge in [-0.15, -0.1) is 0 Å². The summed E-state index contributed by atoms with van der Waals surface area (Å²) in [4.78, 5) is 14.7. The number of carbonyl (C=O) groups excluding carboxylic acids is 1. The second-order valence-corrected chi connectivity index (χ2v) is 9.14. The maximum Gasteiger partial charge on any atom is 0.241 e. The third kappa shape index (κ3) is 1.89. The van der Waals surface area contributed by atoms with Crippen molar-refractivity contribution < 1.29 is 17.7 Å². The minimum Gasteiger partial charge on any atom is -0.390 e. The Labute approximate surface area is 144 Å². The zero-order valence-corrected chi connectivity index (χ0v) is 13.6. The molecule has 0 radical (unpaired) electrons. The number of likely N-dealkylation sites (tertiary alicyclic amines) is 1. The minimum atomic E-state index is -1.44. The molecule has 24 heavy (non-hydrogen) atoms. The molecule has 4 bridgehead atoms. The van der Waals surface area contributed by atoms with Crippen LogP contribution < -0.4 is 5.73 Å². The van der Waals surface area contributed by atoms with E-state index in [9.17, 15) is 20.3 Å². The molecule has 6 heteroatoms. The topological polar surface area (TPSA) is 111 Å². The summed E-state index contributed by atoms with van der Waals surface area (Å²) in [6.07, 6.45) is 2.06. The Hall–Kier alpha value is -1.16. The van der Waals surface area contributed by atoms with Crippen LogP contribution in [-0.4, -0.2) is 50.3 Å². The van der Waals surface area contributed by atoms with E-state index in [2.05, 4.69) is 6.07 Å². The first kappa shape index (κ1) is 13.1. The Kier molecular flexibility index (Phi) is 2.36. The van der Waals surface area contributed by atoms with Gasteiger partial charge in [-0.2, -0.15) is 5.26 Å².